The van der Waals surface area contributed by atoms with Gasteiger partial charge in [-0.25, -0.2) is 0 Å². The molecule has 0 bridgehead atoms. The van der Waals surface area contributed by atoms with Gasteiger partial charge in [-0.15, -0.1) is 0 Å². The summed E-state index contributed by atoms with van der Waals surface area (Å²) in [7, 11) is 0. The van der Waals surface area contributed by atoms with Crippen molar-refractivity contribution < 1.29 is 14.7 Å². The minimum atomic E-state index is -1.12. The van der Waals surface area contributed by atoms with Gasteiger partial charge in [0.25, 0.3) is 0 Å². The van der Waals surface area contributed by atoms with Gasteiger partial charge in [-0.2, -0.15) is 10.4 Å². The number of carbonyl (C=O) groups is 2. The molecule has 8 heteroatoms. The van der Waals surface area contributed by atoms with Crippen LogP contribution in [0.3, 0.4) is 0 Å². The maximum absolute atomic E-state index is 12.7. The Kier molecular flexibility index (Phi) is 7.76. The number of nitrogens with two attached hydrogens (primary N) is 1. The van der Waals surface area contributed by atoms with Gasteiger partial charge >= 0.3 is 5.97 Å². The normalized spacial score (nSPS) is 11.5. The molecule has 1 atom stereocenters. The predicted molar refractivity (Wildman–Crippen MR) is 127 cm³/mol. The maximum Gasteiger partial charge on any atom is 0.322 e. The number of nitrogens with zero attached hydrogens (tertiary/aromatic N) is 2. The van der Waals surface area contributed by atoms with Gasteiger partial charge in [-0.1, -0.05) is 54.6 Å². The van der Waals surface area contributed by atoms with E-state index in [-0.39, 0.29) is 0 Å². The third-order valence-electron chi connectivity index (χ3n) is 4.93. The van der Waals surface area contributed by atoms with Gasteiger partial charge in [-0.05, 0) is 40.5 Å². The summed E-state index contributed by atoms with van der Waals surface area (Å²) in [6.07, 6.45) is 1.82. The zero-order chi connectivity index (χ0) is 23.6. The highest BCUT2D eigenvalue weighted by molar-refractivity contribution is 5.88. The maximum atomic E-state index is 12.7. The Morgan fingerprint density at radius 2 is 1.85 bits per heavy atom. The molecule has 0 fully saturated rings. The molecule has 8 nitrogen and oxygen atoms in total. The van der Waals surface area contributed by atoms with Crippen LogP contribution in [0.2, 0.25) is 0 Å². The minimum absolute atomic E-state index is 0.316. The second-order valence-electron chi connectivity index (χ2n) is 7.27. The van der Waals surface area contributed by atoms with Crippen molar-refractivity contribution in [2.75, 3.05) is 11.9 Å². The first-order valence-corrected chi connectivity index (χ1v) is 10.2. The fourth-order valence-electron chi connectivity index (χ4n) is 3.40. The van der Waals surface area contributed by atoms with Crippen LogP contribution in [0.5, 0.6) is 0 Å². The van der Waals surface area contributed by atoms with E-state index in [1.54, 1.807) is 6.07 Å². The summed E-state index contributed by atoms with van der Waals surface area (Å²) in [5.74, 6) is 3.66. The van der Waals surface area contributed by atoms with E-state index in [4.69, 9.17) is 10.9 Å². The van der Waals surface area contributed by atoms with Crippen molar-refractivity contribution >= 4 is 23.8 Å². The number of amides is 1. The fraction of sp³-hybridized carbons (Fsp3) is 0.120. The van der Waals surface area contributed by atoms with Crippen LogP contribution in [0.15, 0.2) is 77.9 Å². The Bertz CT molecular complexity index is 1200. The number of carbonyl (C=O) groups excluding carboxylic acids is 1. The molecule has 0 aromatic heterocycles. The summed E-state index contributed by atoms with van der Waals surface area (Å²) in [6, 6.07) is 23.5. The number of carboxylic acids is 1. The van der Waals surface area contributed by atoms with Crippen molar-refractivity contribution in [2.45, 2.75) is 12.5 Å². The number of nitrogens with one attached hydrogen (secondary N) is 2. The van der Waals surface area contributed by atoms with Gasteiger partial charge in [0, 0.05) is 12.1 Å². The van der Waals surface area contributed by atoms with Crippen molar-refractivity contribution in [1.29, 1.82) is 5.26 Å². The lowest BCUT2D eigenvalue weighted by Gasteiger charge is -2.20. The molecule has 0 heterocycles. The summed E-state index contributed by atoms with van der Waals surface area (Å²) < 4.78 is 0. The lowest BCUT2D eigenvalue weighted by atomic mass is 9.99. The van der Waals surface area contributed by atoms with Gasteiger partial charge in [-0.3, -0.25) is 9.59 Å². The Labute approximate surface area is 191 Å². The van der Waals surface area contributed by atoms with Gasteiger partial charge in [0.1, 0.15) is 12.6 Å². The van der Waals surface area contributed by atoms with Crippen molar-refractivity contribution in [3.63, 3.8) is 0 Å². The molecule has 0 aliphatic rings. The molecule has 166 valence electrons. The number of aliphatic carboxylic acids is 1. The fourth-order valence-corrected chi connectivity index (χ4v) is 3.40. The SMILES string of the molecule is N#Cc1ccccc1-c1ccc(N[C@@H](Cc2cccc(C=NN)c2)C(=O)NCC(=O)O)cc1. The summed E-state index contributed by atoms with van der Waals surface area (Å²) in [5, 5.41) is 27.4. The second-order valence-corrected chi connectivity index (χ2v) is 7.27. The van der Waals surface area contributed by atoms with Crippen molar-refractivity contribution in [3.05, 3.63) is 89.5 Å². The van der Waals surface area contributed by atoms with Crippen LogP contribution < -0.4 is 16.5 Å². The van der Waals surface area contributed by atoms with E-state index >= 15 is 0 Å². The predicted octanol–water partition coefficient (Wildman–Crippen LogP) is 2.74. The standard InChI is InChI=1S/C25H23N5O3/c26-14-20-6-1-2-7-22(20)19-8-10-21(11-9-19)30-23(25(33)28-16-24(31)32)13-17-4-3-5-18(12-17)15-29-27/h1-12,15,23,30H,13,16,27H2,(H,28,33)(H,31,32)/t23-/m0/s1. The number of hydrogen-bond donors (Lipinski definition) is 4. The smallest absolute Gasteiger partial charge is 0.322 e. The van der Waals surface area contributed by atoms with Crippen LogP contribution in [0.1, 0.15) is 16.7 Å². The molecule has 5 N–H and O–H groups in total. The number of hydrazone groups is 1. The third kappa shape index (κ3) is 6.42. The molecule has 3 aromatic rings. The molecule has 0 aliphatic carbocycles. The Balaban J connectivity index is 1.82. The number of rotatable bonds is 9. The zero-order valence-electron chi connectivity index (χ0n) is 17.7. The molecule has 1 amide bonds. The molecule has 0 saturated carbocycles. The highest BCUT2D eigenvalue weighted by atomic mass is 16.4. The molecule has 0 unspecified atom stereocenters. The average Bonchev–Trinajstić information content (AvgIpc) is 2.83. The van der Waals surface area contributed by atoms with Crippen LogP contribution in [0, 0.1) is 11.3 Å². The van der Waals surface area contributed by atoms with Crippen LogP contribution in [0.4, 0.5) is 5.69 Å². The molecule has 0 saturated heterocycles. The Morgan fingerprint density at radius 1 is 1.09 bits per heavy atom. The van der Waals surface area contributed by atoms with Crippen molar-refractivity contribution in [1.82, 2.24) is 5.32 Å². The topological polar surface area (TPSA) is 141 Å². The van der Waals surface area contributed by atoms with Crippen LogP contribution in [-0.2, 0) is 16.0 Å². The highest BCUT2D eigenvalue weighted by Gasteiger charge is 2.20. The molecule has 0 spiro atoms. The lowest BCUT2D eigenvalue weighted by Crippen LogP contribution is -2.43. The van der Waals surface area contributed by atoms with E-state index in [0.29, 0.717) is 17.7 Å². The monoisotopic (exact) mass is 441 g/mol. The van der Waals surface area contributed by atoms with E-state index in [1.165, 1.54) is 6.21 Å². The van der Waals surface area contributed by atoms with E-state index in [0.717, 1.165) is 22.3 Å². The first kappa shape index (κ1) is 23.0. The third-order valence-corrected chi connectivity index (χ3v) is 4.93. The molecular weight excluding hydrogens is 418 g/mol. The minimum Gasteiger partial charge on any atom is -0.480 e. The summed E-state index contributed by atoms with van der Waals surface area (Å²) >= 11 is 0. The second kappa shape index (κ2) is 11.1. The molecule has 0 aliphatic heterocycles. The molecule has 33 heavy (non-hydrogen) atoms. The van der Waals surface area contributed by atoms with E-state index in [2.05, 4.69) is 21.8 Å². The highest BCUT2D eigenvalue weighted by Crippen LogP contribution is 2.25. The number of nitriles is 1. The molecular formula is C25H23N5O3. The number of benzene rings is 3. The summed E-state index contributed by atoms with van der Waals surface area (Å²) in [5.41, 5.74) is 4.60. The first-order valence-electron chi connectivity index (χ1n) is 10.2. The first-order chi connectivity index (χ1) is 16.0. The molecule has 3 aromatic carbocycles. The Hall–Kier alpha value is -4.64. The number of anilines is 1. The van der Waals surface area contributed by atoms with Crippen LogP contribution in [-0.4, -0.2) is 35.8 Å². The number of hydrogen-bond acceptors (Lipinski definition) is 6. The van der Waals surface area contributed by atoms with Gasteiger partial charge < -0.3 is 21.6 Å². The lowest BCUT2D eigenvalue weighted by molar-refractivity contribution is -0.138. The van der Waals surface area contributed by atoms with Crippen LogP contribution in [0.25, 0.3) is 11.1 Å². The van der Waals surface area contributed by atoms with E-state index in [1.807, 2.05) is 66.7 Å². The van der Waals surface area contributed by atoms with Gasteiger partial charge in [0.2, 0.25) is 5.91 Å². The quantitative estimate of drug-likeness (QED) is 0.229. The van der Waals surface area contributed by atoms with Gasteiger partial charge in [0.05, 0.1) is 17.8 Å². The Morgan fingerprint density at radius 3 is 2.55 bits per heavy atom. The van der Waals surface area contributed by atoms with E-state index in [9.17, 15) is 14.9 Å². The summed E-state index contributed by atoms with van der Waals surface area (Å²) in [6.45, 7) is -0.471. The summed E-state index contributed by atoms with van der Waals surface area (Å²) in [4.78, 5) is 23.6. The number of carboxylic acid groups (broad SMARTS) is 1. The molecule has 3 rings (SSSR count). The van der Waals surface area contributed by atoms with Gasteiger partial charge in [0.15, 0.2) is 0 Å². The van der Waals surface area contributed by atoms with Crippen molar-refractivity contribution in [3.8, 4) is 17.2 Å². The average molecular weight is 441 g/mol. The zero-order valence-corrected chi connectivity index (χ0v) is 17.7. The van der Waals surface area contributed by atoms with E-state index < -0.39 is 24.5 Å². The molecule has 0 radical (unpaired) electrons. The largest absolute Gasteiger partial charge is 0.480 e. The van der Waals surface area contributed by atoms with Crippen molar-refractivity contribution in [2.24, 2.45) is 10.9 Å². The van der Waals surface area contributed by atoms with Crippen LogP contribution >= 0.6 is 0 Å².